The Kier molecular flexibility index (Phi) is 8.85. The van der Waals surface area contributed by atoms with E-state index >= 15 is 0 Å². The van der Waals surface area contributed by atoms with Crippen molar-refractivity contribution >= 4 is 23.1 Å². The number of unbranched alkanes of at least 4 members (excludes halogenated alkanes) is 3. The summed E-state index contributed by atoms with van der Waals surface area (Å²) in [6.07, 6.45) is 9.34. The van der Waals surface area contributed by atoms with E-state index in [-0.39, 0.29) is 17.2 Å². The number of ether oxygens (including phenoxy) is 1. The number of aryl methyl sites for hydroxylation is 1. The maximum absolute atomic E-state index is 14.8. The zero-order valence-corrected chi connectivity index (χ0v) is 21.6. The lowest BCUT2D eigenvalue weighted by atomic mass is 10.0. The second kappa shape index (κ2) is 12.5. The Morgan fingerprint density at radius 1 is 1.08 bits per heavy atom. The molecule has 4 aromatic rings. The average molecular weight is 523 g/mol. The van der Waals surface area contributed by atoms with Crippen molar-refractivity contribution in [3.8, 4) is 17.0 Å². The van der Waals surface area contributed by atoms with Gasteiger partial charge >= 0.3 is 0 Å². The van der Waals surface area contributed by atoms with Gasteiger partial charge in [-0.15, -0.1) is 0 Å². The molecule has 0 spiro atoms. The molecular formula is C28H32F2N6O2. The maximum Gasteiger partial charge on any atom is 0.251 e. The summed E-state index contributed by atoms with van der Waals surface area (Å²) in [5.74, 6) is -1.91. The van der Waals surface area contributed by atoms with E-state index in [4.69, 9.17) is 10.5 Å². The second-order valence-corrected chi connectivity index (χ2v) is 8.87. The lowest BCUT2D eigenvalue weighted by molar-refractivity contribution is 0.0952. The summed E-state index contributed by atoms with van der Waals surface area (Å²) in [4.78, 5) is 21.5. The summed E-state index contributed by atoms with van der Waals surface area (Å²) in [5.41, 5.74) is 8.63. The van der Waals surface area contributed by atoms with E-state index in [9.17, 15) is 13.6 Å². The summed E-state index contributed by atoms with van der Waals surface area (Å²) >= 11 is 0. The lowest BCUT2D eigenvalue weighted by Gasteiger charge is -2.13. The molecule has 38 heavy (non-hydrogen) atoms. The Hall–Kier alpha value is -4.05. The number of nitrogens with one attached hydrogen (secondary N) is 2. The first-order chi connectivity index (χ1) is 18.5. The van der Waals surface area contributed by atoms with Gasteiger partial charge in [0, 0.05) is 35.8 Å². The normalized spacial score (nSPS) is 11.1. The first-order valence-corrected chi connectivity index (χ1v) is 12.7. The van der Waals surface area contributed by atoms with Crippen LogP contribution in [0.1, 0.15) is 48.5 Å². The summed E-state index contributed by atoms with van der Waals surface area (Å²) in [6, 6.07) is 8.33. The molecule has 10 heteroatoms. The van der Waals surface area contributed by atoms with Gasteiger partial charge in [0.05, 0.1) is 19.0 Å². The molecule has 8 nitrogen and oxygen atoms in total. The van der Waals surface area contributed by atoms with Crippen LogP contribution in [-0.2, 0) is 6.42 Å². The molecule has 0 aliphatic heterocycles. The number of anilines is 2. The predicted octanol–water partition coefficient (Wildman–Crippen LogP) is 5.24. The van der Waals surface area contributed by atoms with Crippen molar-refractivity contribution in [2.24, 2.45) is 5.73 Å². The van der Waals surface area contributed by atoms with Gasteiger partial charge < -0.3 is 21.1 Å². The Bertz CT molecular complexity index is 1420. The first kappa shape index (κ1) is 27.0. The summed E-state index contributed by atoms with van der Waals surface area (Å²) in [5, 5.41) is 6.24. The molecule has 0 unspecified atom stereocenters. The van der Waals surface area contributed by atoms with E-state index in [0.717, 1.165) is 36.9 Å². The number of hydrogen-bond acceptors (Lipinski definition) is 6. The van der Waals surface area contributed by atoms with Crippen molar-refractivity contribution in [3.63, 3.8) is 0 Å². The number of methoxy groups -OCH3 is 1. The number of aromatic nitrogens is 3. The summed E-state index contributed by atoms with van der Waals surface area (Å²) < 4.78 is 35.6. The van der Waals surface area contributed by atoms with Gasteiger partial charge in [-0.2, -0.15) is 4.39 Å². The fourth-order valence-corrected chi connectivity index (χ4v) is 4.34. The van der Waals surface area contributed by atoms with Crippen LogP contribution in [0, 0.1) is 11.6 Å². The molecule has 0 saturated heterocycles. The number of carbonyl (C=O) groups excluding carboxylic acids is 1. The molecule has 0 bridgehead atoms. The first-order valence-electron chi connectivity index (χ1n) is 12.7. The summed E-state index contributed by atoms with van der Waals surface area (Å²) in [7, 11) is 1.28. The van der Waals surface area contributed by atoms with Crippen LogP contribution in [0.3, 0.4) is 0 Å². The number of hydrogen-bond donors (Lipinski definition) is 3. The molecule has 0 saturated carbocycles. The van der Waals surface area contributed by atoms with Crippen LogP contribution < -0.4 is 21.1 Å². The Balaban J connectivity index is 1.53. The largest absolute Gasteiger partial charge is 0.494 e. The van der Waals surface area contributed by atoms with Gasteiger partial charge in [0.2, 0.25) is 5.82 Å². The molecule has 2 aromatic heterocycles. The highest BCUT2D eigenvalue weighted by Crippen LogP contribution is 2.31. The van der Waals surface area contributed by atoms with Crippen LogP contribution in [-0.4, -0.2) is 40.5 Å². The third kappa shape index (κ3) is 5.75. The van der Waals surface area contributed by atoms with Crippen molar-refractivity contribution < 1.29 is 18.3 Å². The third-order valence-corrected chi connectivity index (χ3v) is 6.38. The molecule has 0 atom stereocenters. The van der Waals surface area contributed by atoms with Gasteiger partial charge in [-0.25, -0.2) is 14.4 Å². The van der Waals surface area contributed by atoms with Crippen molar-refractivity contribution in [2.75, 3.05) is 25.5 Å². The molecule has 0 aliphatic rings. The van der Waals surface area contributed by atoms with Gasteiger partial charge in [-0.05, 0) is 61.7 Å². The molecule has 0 radical (unpaired) electrons. The fourth-order valence-electron chi connectivity index (χ4n) is 4.34. The van der Waals surface area contributed by atoms with E-state index in [0.29, 0.717) is 42.2 Å². The number of rotatable bonds is 12. The molecule has 0 fully saturated rings. The second-order valence-electron chi connectivity index (χ2n) is 8.87. The topological polar surface area (TPSA) is 107 Å². The van der Waals surface area contributed by atoms with Gasteiger partial charge in [-0.1, -0.05) is 19.8 Å². The number of amides is 1. The number of nitrogens with zero attached hydrogens (tertiary/aromatic N) is 3. The fraction of sp³-hybridized carbons (Fsp3) is 0.321. The molecule has 2 aromatic carbocycles. The molecule has 200 valence electrons. The molecule has 2 heterocycles. The van der Waals surface area contributed by atoms with Crippen LogP contribution >= 0.6 is 0 Å². The van der Waals surface area contributed by atoms with E-state index in [1.165, 1.54) is 25.4 Å². The van der Waals surface area contributed by atoms with E-state index in [1.54, 1.807) is 22.9 Å². The van der Waals surface area contributed by atoms with Crippen molar-refractivity contribution in [2.45, 2.75) is 39.0 Å². The Labute approximate surface area is 220 Å². The Morgan fingerprint density at radius 2 is 1.89 bits per heavy atom. The quantitative estimate of drug-likeness (QED) is 0.220. The molecule has 4 N–H and O–H groups in total. The lowest BCUT2D eigenvalue weighted by Crippen LogP contribution is -2.25. The van der Waals surface area contributed by atoms with E-state index in [2.05, 4.69) is 20.6 Å². The minimum Gasteiger partial charge on any atom is -0.494 e. The third-order valence-electron chi connectivity index (χ3n) is 6.38. The van der Waals surface area contributed by atoms with E-state index in [1.807, 2.05) is 19.1 Å². The van der Waals surface area contributed by atoms with Crippen molar-refractivity contribution in [1.29, 1.82) is 0 Å². The van der Waals surface area contributed by atoms with Crippen molar-refractivity contribution in [3.05, 3.63) is 71.7 Å². The highest BCUT2D eigenvalue weighted by atomic mass is 19.2. The number of carbonyl (C=O) groups is 1. The number of benzene rings is 2. The highest BCUT2D eigenvalue weighted by molar-refractivity contribution is 5.96. The standard InChI is InChI=1S/C28H32F2N6O2/c1-3-18-16-19(8-9-20(18)28(37)33-13-7-5-4-6-12-31)35-26-27-34-17-22(36(27)15-14-32-26)21-10-11-23(38-2)25(30)24(21)29/h8-11,14-17H,3-7,12-13,31H2,1-2H3,(H,32,35)(H,33,37). The SMILES string of the molecule is CCc1cc(Nc2nccn3c(-c4ccc(OC)c(F)c4F)cnc23)ccc1C(=O)NCCCCCCN. The zero-order chi connectivity index (χ0) is 27.1. The van der Waals surface area contributed by atoms with Crippen LogP contribution in [0.5, 0.6) is 5.75 Å². The highest BCUT2D eigenvalue weighted by Gasteiger charge is 2.19. The number of imidazole rings is 1. The molecule has 4 rings (SSSR count). The number of nitrogens with two attached hydrogens (primary N) is 1. The Morgan fingerprint density at radius 3 is 2.66 bits per heavy atom. The summed E-state index contributed by atoms with van der Waals surface area (Å²) in [6.45, 7) is 3.31. The van der Waals surface area contributed by atoms with Gasteiger partial charge in [-0.3, -0.25) is 9.20 Å². The molecular weight excluding hydrogens is 490 g/mol. The zero-order valence-electron chi connectivity index (χ0n) is 21.6. The van der Waals surface area contributed by atoms with Gasteiger partial charge in [0.15, 0.2) is 23.0 Å². The van der Waals surface area contributed by atoms with Crippen molar-refractivity contribution in [1.82, 2.24) is 19.7 Å². The molecule has 0 aliphatic carbocycles. The van der Waals surface area contributed by atoms with Gasteiger partial charge in [0.25, 0.3) is 5.91 Å². The number of fused-ring (bicyclic) bond motifs is 1. The minimum absolute atomic E-state index is 0.0518. The van der Waals surface area contributed by atoms with E-state index < -0.39 is 11.6 Å². The van der Waals surface area contributed by atoms with Gasteiger partial charge in [0.1, 0.15) is 0 Å². The van der Waals surface area contributed by atoms with Crippen LogP contribution in [0.25, 0.3) is 16.9 Å². The minimum atomic E-state index is -1.06. The molecule has 1 amide bonds. The van der Waals surface area contributed by atoms with Crippen LogP contribution in [0.2, 0.25) is 0 Å². The number of halogens is 2. The van der Waals surface area contributed by atoms with Crippen LogP contribution in [0.4, 0.5) is 20.3 Å². The smallest absolute Gasteiger partial charge is 0.251 e. The average Bonchev–Trinajstić information content (AvgIpc) is 3.37. The monoisotopic (exact) mass is 522 g/mol. The predicted molar refractivity (Wildman–Crippen MR) is 144 cm³/mol. The van der Waals surface area contributed by atoms with Crippen LogP contribution in [0.15, 0.2) is 48.9 Å². The maximum atomic E-state index is 14.8.